The van der Waals surface area contributed by atoms with Gasteiger partial charge >= 0.3 is 0 Å². The number of aromatic nitrogens is 3. The van der Waals surface area contributed by atoms with Crippen LogP contribution in [-0.4, -0.2) is 32.5 Å². The number of hydrogen-bond donors (Lipinski definition) is 2. The lowest BCUT2D eigenvalue weighted by Crippen LogP contribution is -2.30. The van der Waals surface area contributed by atoms with E-state index in [1.54, 1.807) is 18.2 Å². The molecule has 8 nitrogen and oxygen atoms in total. The van der Waals surface area contributed by atoms with Crippen molar-refractivity contribution in [2.45, 2.75) is 53.5 Å². The Balaban J connectivity index is 1.84. The van der Waals surface area contributed by atoms with Gasteiger partial charge in [-0.15, -0.1) is 0 Å². The van der Waals surface area contributed by atoms with Gasteiger partial charge in [0.25, 0.3) is 11.5 Å². The molecule has 0 bridgehead atoms. The molecule has 0 unspecified atom stereocenters. The maximum atomic E-state index is 13.0. The summed E-state index contributed by atoms with van der Waals surface area (Å²) < 4.78 is 2.74. The topological polar surface area (TPSA) is 97.5 Å². The quantitative estimate of drug-likeness (QED) is 0.545. The van der Waals surface area contributed by atoms with Crippen molar-refractivity contribution in [1.82, 2.24) is 19.5 Å². The number of rotatable bonds is 8. The number of fused-ring (bicyclic) bond motifs is 1. The molecule has 2 amide bonds. The minimum Gasteiger partial charge on any atom is -0.352 e. The summed E-state index contributed by atoms with van der Waals surface area (Å²) in [5, 5.41) is 9.82. The van der Waals surface area contributed by atoms with Crippen molar-refractivity contribution < 1.29 is 9.59 Å². The van der Waals surface area contributed by atoms with Crippen molar-refractivity contribution in [1.29, 1.82) is 0 Å². The number of nitrogens with one attached hydrogen (secondary N) is 2. The normalized spacial score (nSPS) is 11.0. The first kappa shape index (κ1) is 22.3. The largest absolute Gasteiger partial charge is 0.352 e. The molecular formula is C23H29N5O3. The van der Waals surface area contributed by atoms with E-state index in [4.69, 9.17) is 0 Å². The Morgan fingerprint density at radius 1 is 1.10 bits per heavy atom. The van der Waals surface area contributed by atoms with Crippen LogP contribution in [0.2, 0.25) is 0 Å². The van der Waals surface area contributed by atoms with Gasteiger partial charge in [-0.2, -0.15) is 5.10 Å². The van der Waals surface area contributed by atoms with Gasteiger partial charge < -0.3 is 10.6 Å². The molecule has 3 aromatic rings. The number of anilines is 1. The summed E-state index contributed by atoms with van der Waals surface area (Å²) in [6.45, 7) is 8.02. The molecule has 0 spiro atoms. The fourth-order valence-electron chi connectivity index (χ4n) is 3.63. The van der Waals surface area contributed by atoms with Gasteiger partial charge in [0.15, 0.2) is 0 Å². The van der Waals surface area contributed by atoms with E-state index in [-0.39, 0.29) is 18.4 Å². The second kappa shape index (κ2) is 9.59. The minimum atomic E-state index is -0.410. The van der Waals surface area contributed by atoms with Crippen molar-refractivity contribution in [3.8, 4) is 0 Å². The van der Waals surface area contributed by atoms with Crippen LogP contribution in [0.25, 0.3) is 5.52 Å². The first-order chi connectivity index (χ1) is 14.9. The summed E-state index contributed by atoms with van der Waals surface area (Å²) in [5.41, 5.74) is 3.50. The molecule has 0 radical (unpaired) electrons. The Kier molecular flexibility index (Phi) is 6.89. The fraction of sp³-hybridized carbons (Fsp3) is 0.391. The summed E-state index contributed by atoms with van der Waals surface area (Å²) in [5.74, 6) is -0.548. The van der Waals surface area contributed by atoms with Crippen molar-refractivity contribution in [2.24, 2.45) is 0 Å². The highest BCUT2D eigenvalue weighted by Crippen LogP contribution is 2.19. The van der Waals surface area contributed by atoms with E-state index in [9.17, 15) is 14.4 Å². The Morgan fingerprint density at radius 2 is 1.81 bits per heavy atom. The second-order valence-electron chi connectivity index (χ2n) is 7.61. The summed E-state index contributed by atoms with van der Waals surface area (Å²) >= 11 is 0. The molecular weight excluding hydrogens is 394 g/mol. The van der Waals surface area contributed by atoms with E-state index in [0.717, 1.165) is 23.9 Å². The monoisotopic (exact) mass is 423 g/mol. The highest BCUT2D eigenvalue weighted by atomic mass is 16.2. The molecule has 2 N–H and O–H groups in total. The zero-order chi connectivity index (χ0) is 22.5. The molecule has 0 aliphatic carbocycles. The Bertz CT molecular complexity index is 1160. The SMILES string of the molecule is CCCCNC(=O)c1c(C)c2c(=O)n(CC(=O)Nc3ccc(CC)cc3)ncn2c1C. The van der Waals surface area contributed by atoms with Crippen LogP contribution in [0.5, 0.6) is 0 Å². The van der Waals surface area contributed by atoms with Crippen LogP contribution in [0, 0.1) is 13.8 Å². The Morgan fingerprint density at radius 3 is 2.45 bits per heavy atom. The first-order valence-corrected chi connectivity index (χ1v) is 10.6. The number of nitrogens with zero attached hydrogens (tertiary/aromatic N) is 3. The molecule has 31 heavy (non-hydrogen) atoms. The molecule has 0 aliphatic heterocycles. The van der Waals surface area contributed by atoms with Crippen molar-refractivity contribution in [3.05, 3.63) is 63.3 Å². The van der Waals surface area contributed by atoms with Crippen LogP contribution in [0.15, 0.2) is 35.4 Å². The number of unbranched alkanes of at least 4 members (excludes halogenated alkanes) is 1. The van der Waals surface area contributed by atoms with E-state index in [0.29, 0.717) is 34.6 Å². The van der Waals surface area contributed by atoms with Crippen LogP contribution >= 0.6 is 0 Å². The second-order valence-corrected chi connectivity index (χ2v) is 7.61. The van der Waals surface area contributed by atoms with Crippen molar-refractivity contribution >= 4 is 23.0 Å². The average Bonchev–Trinajstić information content (AvgIpc) is 3.01. The highest BCUT2D eigenvalue weighted by molar-refractivity contribution is 5.99. The van der Waals surface area contributed by atoms with Gasteiger partial charge in [-0.05, 0) is 49.9 Å². The van der Waals surface area contributed by atoms with Gasteiger partial charge in [0.1, 0.15) is 18.4 Å². The van der Waals surface area contributed by atoms with Crippen LogP contribution in [-0.2, 0) is 17.8 Å². The predicted molar refractivity (Wildman–Crippen MR) is 121 cm³/mol. The van der Waals surface area contributed by atoms with Crippen LogP contribution in [0.3, 0.4) is 0 Å². The summed E-state index contributed by atoms with van der Waals surface area (Å²) in [7, 11) is 0. The number of amides is 2. The van der Waals surface area contributed by atoms with Crippen molar-refractivity contribution in [3.63, 3.8) is 0 Å². The van der Waals surface area contributed by atoms with E-state index < -0.39 is 5.56 Å². The van der Waals surface area contributed by atoms with Gasteiger partial charge in [0.2, 0.25) is 5.91 Å². The zero-order valence-corrected chi connectivity index (χ0v) is 18.5. The van der Waals surface area contributed by atoms with Gasteiger partial charge in [0.05, 0.1) is 5.56 Å². The molecule has 1 aromatic carbocycles. The number of carbonyl (C=O) groups excluding carboxylic acids is 2. The van der Waals surface area contributed by atoms with E-state index in [1.807, 2.05) is 24.3 Å². The molecule has 0 saturated carbocycles. The third-order valence-electron chi connectivity index (χ3n) is 5.42. The van der Waals surface area contributed by atoms with Gasteiger partial charge in [-0.3, -0.25) is 18.8 Å². The van der Waals surface area contributed by atoms with Gasteiger partial charge in [-0.1, -0.05) is 32.4 Å². The number of hydrogen-bond acceptors (Lipinski definition) is 4. The minimum absolute atomic E-state index is 0.202. The molecule has 164 valence electrons. The predicted octanol–water partition coefficient (Wildman–Crippen LogP) is 2.84. The zero-order valence-electron chi connectivity index (χ0n) is 18.5. The molecule has 0 atom stereocenters. The number of carbonyl (C=O) groups is 2. The van der Waals surface area contributed by atoms with Crippen molar-refractivity contribution in [2.75, 3.05) is 11.9 Å². The van der Waals surface area contributed by atoms with Gasteiger partial charge in [0, 0.05) is 17.9 Å². The first-order valence-electron chi connectivity index (χ1n) is 10.6. The summed E-state index contributed by atoms with van der Waals surface area (Å²) in [4.78, 5) is 38.1. The Hall–Kier alpha value is -3.42. The smallest absolute Gasteiger partial charge is 0.291 e. The molecule has 2 heterocycles. The molecule has 3 rings (SSSR count). The lowest BCUT2D eigenvalue weighted by Gasteiger charge is -2.08. The van der Waals surface area contributed by atoms with Crippen LogP contribution in [0.1, 0.15) is 53.9 Å². The van der Waals surface area contributed by atoms with Gasteiger partial charge in [-0.25, -0.2) is 4.68 Å². The molecule has 0 aliphatic rings. The molecule has 0 fully saturated rings. The van der Waals surface area contributed by atoms with Crippen LogP contribution in [0.4, 0.5) is 5.69 Å². The average molecular weight is 424 g/mol. The molecule has 2 aromatic heterocycles. The van der Waals surface area contributed by atoms with E-state index >= 15 is 0 Å². The lowest BCUT2D eigenvalue weighted by atomic mass is 10.1. The maximum absolute atomic E-state index is 13.0. The highest BCUT2D eigenvalue weighted by Gasteiger charge is 2.22. The van der Waals surface area contributed by atoms with E-state index in [1.165, 1.54) is 11.9 Å². The number of benzene rings is 1. The van der Waals surface area contributed by atoms with Crippen LogP contribution < -0.4 is 16.2 Å². The maximum Gasteiger partial charge on any atom is 0.291 e. The lowest BCUT2D eigenvalue weighted by molar-refractivity contribution is -0.117. The molecule has 8 heteroatoms. The number of aryl methyl sites for hydroxylation is 3. The van der Waals surface area contributed by atoms with E-state index in [2.05, 4.69) is 29.6 Å². The third-order valence-corrected chi connectivity index (χ3v) is 5.42. The summed E-state index contributed by atoms with van der Waals surface area (Å²) in [6, 6.07) is 7.57. The summed E-state index contributed by atoms with van der Waals surface area (Å²) in [6.07, 6.45) is 4.27. The Labute approximate surface area is 181 Å². The third kappa shape index (κ3) is 4.68. The fourth-order valence-corrected chi connectivity index (χ4v) is 3.63. The molecule has 0 saturated heterocycles. The standard InChI is InChI=1S/C23H29N5O3/c1-5-7-12-24-22(30)20-15(3)21-23(31)28(25-14-27(21)16(20)4)13-19(29)26-18-10-8-17(6-2)9-11-18/h8-11,14H,5-7,12-13H2,1-4H3,(H,24,30)(H,26,29).